The van der Waals surface area contributed by atoms with Gasteiger partial charge in [0.15, 0.2) is 0 Å². The normalized spacial score (nSPS) is 12.7. The number of aromatic amines is 1. The van der Waals surface area contributed by atoms with E-state index in [-0.39, 0.29) is 0 Å². The zero-order valence-corrected chi connectivity index (χ0v) is 6.62. The van der Waals surface area contributed by atoms with Crippen LogP contribution in [0.5, 0.6) is 0 Å². The summed E-state index contributed by atoms with van der Waals surface area (Å²) in [5.41, 5.74) is 1.05. The molecule has 0 saturated heterocycles. The maximum absolute atomic E-state index is 9.68. The topological polar surface area (TPSA) is 87.6 Å². The second kappa shape index (κ2) is 3.28. The summed E-state index contributed by atoms with van der Waals surface area (Å²) in [6.07, 6.45) is 5.11. The zero-order valence-electron chi connectivity index (χ0n) is 6.62. The molecule has 0 fully saturated rings. The fraction of sp³-hybridized carbons (Fsp3) is 0.143. The van der Waals surface area contributed by atoms with E-state index in [2.05, 4.69) is 25.4 Å². The molecule has 2 N–H and O–H groups in total. The standard InChI is InChI=1S/C7H7N5O/c13-7(6-3-10-12-11-6)5-1-8-4-9-2-5/h1-4,7,13H,(H,10,11,12). The zero-order chi connectivity index (χ0) is 9.10. The molecule has 2 aromatic rings. The molecule has 0 aliphatic rings. The summed E-state index contributed by atoms with van der Waals surface area (Å²) >= 11 is 0. The van der Waals surface area contributed by atoms with Crippen LogP contribution in [0.25, 0.3) is 0 Å². The average molecular weight is 177 g/mol. The van der Waals surface area contributed by atoms with Crippen LogP contribution in [0.15, 0.2) is 24.9 Å². The number of hydrogen-bond donors (Lipinski definition) is 2. The summed E-state index contributed by atoms with van der Waals surface area (Å²) in [6, 6.07) is 0. The first-order valence-electron chi connectivity index (χ1n) is 3.66. The van der Waals surface area contributed by atoms with Crippen molar-refractivity contribution in [1.82, 2.24) is 25.4 Å². The van der Waals surface area contributed by atoms with E-state index >= 15 is 0 Å². The molecule has 6 nitrogen and oxygen atoms in total. The minimum atomic E-state index is -0.819. The van der Waals surface area contributed by atoms with Crippen molar-refractivity contribution in [3.63, 3.8) is 0 Å². The highest BCUT2D eigenvalue weighted by atomic mass is 16.3. The van der Waals surface area contributed by atoms with Crippen molar-refractivity contribution in [2.24, 2.45) is 0 Å². The third-order valence-corrected chi connectivity index (χ3v) is 1.61. The van der Waals surface area contributed by atoms with E-state index in [0.717, 1.165) is 0 Å². The lowest BCUT2D eigenvalue weighted by Gasteiger charge is -2.04. The van der Waals surface area contributed by atoms with E-state index < -0.39 is 6.10 Å². The van der Waals surface area contributed by atoms with Crippen LogP contribution in [0.3, 0.4) is 0 Å². The lowest BCUT2D eigenvalue weighted by atomic mass is 10.1. The van der Waals surface area contributed by atoms with Gasteiger partial charge in [0.1, 0.15) is 18.1 Å². The second-order valence-corrected chi connectivity index (χ2v) is 2.47. The Morgan fingerprint density at radius 1 is 1.23 bits per heavy atom. The number of nitrogens with one attached hydrogen (secondary N) is 1. The van der Waals surface area contributed by atoms with Crippen molar-refractivity contribution in [3.8, 4) is 0 Å². The monoisotopic (exact) mass is 177 g/mol. The molecule has 0 saturated carbocycles. The van der Waals surface area contributed by atoms with E-state index in [9.17, 15) is 5.11 Å². The highest BCUT2D eigenvalue weighted by molar-refractivity contribution is 5.17. The Hall–Kier alpha value is -1.82. The molecule has 0 amide bonds. The second-order valence-electron chi connectivity index (χ2n) is 2.47. The van der Waals surface area contributed by atoms with Gasteiger partial charge in [0, 0.05) is 18.0 Å². The Labute approximate surface area is 73.7 Å². The summed E-state index contributed by atoms with van der Waals surface area (Å²) in [5, 5.41) is 19.4. The van der Waals surface area contributed by atoms with Crippen LogP contribution in [0.2, 0.25) is 0 Å². The van der Waals surface area contributed by atoms with Gasteiger partial charge in [-0.1, -0.05) is 0 Å². The number of aliphatic hydroxyl groups excluding tert-OH is 1. The molecule has 2 rings (SSSR count). The maximum atomic E-state index is 9.68. The number of rotatable bonds is 2. The highest BCUT2D eigenvalue weighted by Crippen LogP contribution is 2.16. The van der Waals surface area contributed by atoms with Crippen LogP contribution in [0, 0.1) is 0 Å². The van der Waals surface area contributed by atoms with E-state index in [0.29, 0.717) is 11.3 Å². The summed E-state index contributed by atoms with van der Waals surface area (Å²) in [7, 11) is 0. The van der Waals surface area contributed by atoms with E-state index in [1.54, 1.807) is 0 Å². The van der Waals surface area contributed by atoms with E-state index in [1.807, 2.05) is 0 Å². The molecule has 0 radical (unpaired) electrons. The molecule has 1 unspecified atom stereocenters. The number of hydrogen-bond acceptors (Lipinski definition) is 5. The van der Waals surface area contributed by atoms with Gasteiger partial charge in [0.05, 0.1) is 6.20 Å². The van der Waals surface area contributed by atoms with Crippen LogP contribution >= 0.6 is 0 Å². The van der Waals surface area contributed by atoms with Crippen LogP contribution in [-0.2, 0) is 0 Å². The SMILES string of the molecule is OC(c1cncnc1)c1cn[nH]n1. The largest absolute Gasteiger partial charge is 0.382 e. The molecule has 66 valence electrons. The number of nitrogens with zero attached hydrogens (tertiary/aromatic N) is 4. The Kier molecular flexibility index (Phi) is 1.97. The smallest absolute Gasteiger partial charge is 0.127 e. The lowest BCUT2D eigenvalue weighted by Crippen LogP contribution is -2.01. The molecular weight excluding hydrogens is 170 g/mol. The van der Waals surface area contributed by atoms with Gasteiger partial charge in [-0.3, -0.25) is 0 Å². The third-order valence-electron chi connectivity index (χ3n) is 1.61. The molecule has 13 heavy (non-hydrogen) atoms. The molecule has 0 spiro atoms. The van der Waals surface area contributed by atoms with Crippen LogP contribution < -0.4 is 0 Å². The van der Waals surface area contributed by atoms with Gasteiger partial charge >= 0.3 is 0 Å². The summed E-state index contributed by atoms with van der Waals surface area (Å²) in [4.78, 5) is 7.57. The maximum Gasteiger partial charge on any atom is 0.127 e. The van der Waals surface area contributed by atoms with Crippen molar-refractivity contribution in [1.29, 1.82) is 0 Å². The quantitative estimate of drug-likeness (QED) is 0.656. The number of aromatic nitrogens is 5. The molecular formula is C7H7N5O. The van der Waals surface area contributed by atoms with Crippen molar-refractivity contribution in [2.45, 2.75) is 6.10 Å². The van der Waals surface area contributed by atoms with Gasteiger partial charge in [-0.25, -0.2) is 9.97 Å². The van der Waals surface area contributed by atoms with Crippen molar-refractivity contribution in [3.05, 3.63) is 36.2 Å². The first kappa shape index (κ1) is 7.81. The van der Waals surface area contributed by atoms with Gasteiger partial charge in [-0.2, -0.15) is 15.4 Å². The number of H-pyrrole nitrogens is 1. The van der Waals surface area contributed by atoms with Crippen molar-refractivity contribution >= 4 is 0 Å². The minimum Gasteiger partial charge on any atom is -0.382 e. The third kappa shape index (κ3) is 1.52. The van der Waals surface area contributed by atoms with Gasteiger partial charge in [0.2, 0.25) is 0 Å². The molecule has 0 aliphatic heterocycles. The summed E-state index contributed by atoms with van der Waals surface area (Å²) in [5.74, 6) is 0. The molecule has 2 heterocycles. The predicted molar refractivity (Wildman–Crippen MR) is 42.5 cm³/mol. The molecule has 0 aromatic carbocycles. The van der Waals surface area contributed by atoms with Gasteiger partial charge < -0.3 is 5.11 Å². The summed E-state index contributed by atoms with van der Waals surface area (Å²) < 4.78 is 0. The molecule has 0 aliphatic carbocycles. The Balaban J connectivity index is 2.29. The molecule has 1 atom stereocenters. The van der Waals surface area contributed by atoms with Crippen molar-refractivity contribution < 1.29 is 5.11 Å². The van der Waals surface area contributed by atoms with Crippen LogP contribution in [-0.4, -0.2) is 30.5 Å². The average Bonchev–Trinajstić information content (AvgIpc) is 2.71. The van der Waals surface area contributed by atoms with Gasteiger partial charge in [-0.15, -0.1) is 0 Å². The summed E-state index contributed by atoms with van der Waals surface area (Å²) in [6.45, 7) is 0. The fourth-order valence-corrected chi connectivity index (χ4v) is 0.965. The fourth-order valence-electron chi connectivity index (χ4n) is 0.965. The first-order chi connectivity index (χ1) is 6.38. The molecule has 2 aromatic heterocycles. The number of aliphatic hydroxyl groups is 1. The molecule has 6 heteroatoms. The minimum absolute atomic E-state index is 0.454. The van der Waals surface area contributed by atoms with E-state index in [1.165, 1.54) is 24.9 Å². The molecule has 0 bridgehead atoms. The van der Waals surface area contributed by atoms with Crippen molar-refractivity contribution in [2.75, 3.05) is 0 Å². The Morgan fingerprint density at radius 2 is 2.00 bits per heavy atom. The highest BCUT2D eigenvalue weighted by Gasteiger charge is 2.12. The Morgan fingerprint density at radius 3 is 2.62 bits per heavy atom. The first-order valence-corrected chi connectivity index (χ1v) is 3.66. The predicted octanol–water partition coefficient (Wildman–Crippen LogP) is -0.324. The van der Waals surface area contributed by atoms with E-state index in [4.69, 9.17) is 0 Å². The lowest BCUT2D eigenvalue weighted by molar-refractivity contribution is 0.214. The van der Waals surface area contributed by atoms with Gasteiger partial charge in [-0.05, 0) is 0 Å². The Bertz CT molecular complexity index is 360. The van der Waals surface area contributed by atoms with Crippen LogP contribution in [0.4, 0.5) is 0 Å². The van der Waals surface area contributed by atoms with Gasteiger partial charge in [0.25, 0.3) is 0 Å². The van der Waals surface area contributed by atoms with Crippen LogP contribution in [0.1, 0.15) is 17.4 Å².